The van der Waals surface area contributed by atoms with Gasteiger partial charge in [0.05, 0.1) is 12.5 Å². The molecule has 0 bridgehead atoms. The van der Waals surface area contributed by atoms with Crippen molar-refractivity contribution in [1.29, 1.82) is 0 Å². The van der Waals surface area contributed by atoms with Gasteiger partial charge in [-0.1, -0.05) is 53.7 Å². The minimum Gasteiger partial charge on any atom is -0.356 e. The third kappa shape index (κ3) is 3.11. The summed E-state index contributed by atoms with van der Waals surface area (Å²) in [5, 5.41) is 10.3. The van der Waals surface area contributed by atoms with Crippen molar-refractivity contribution in [1.82, 2.24) is 10.5 Å². The first-order valence-electron chi connectivity index (χ1n) is 8.32. The quantitative estimate of drug-likeness (QED) is 0.603. The number of carbonyl (C=O) groups is 1. The third-order valence-electron chi connectivity index (χ3n) is 4.43. The minimum absolute atomic E-state index is 0.0697. The Balaban J connectivity index is 1.49. The Bertz CT molecular complexity index is 1050. The Kier molecular flexibility index (Phi) is 3.94. The van der Waals surface area contributed by atoms with E-state index < -0.39 is 0 Å². The van der Waals surface area contributed by atoms with Crippen LogP contribution in [0, 0.1) is 0 Å². The highest BCUT2D eigenvalue weighted by molar-refractivity contribution is 5.87. The summed E-state index contributed by atoms with van der Waals surface area (Å²) in [5.74, 6) is -0.0697. The molecule has 0 aliphatic carbocycles. The zero-order chi connectivity index (χ0) is 17.2. The lowest BCUT2D eigenvalue weighted by atomic mass is 10.0. The van der Waals surface area contributed by atoms with Gasteiger partial charge in [0.15, 0.2) is 5.58 Å². The van der Waals surface area contributed by atoms with Gasteiger partial charge in [-0.05, 0) is 41.5 Å². The van der Waals surface area contributed by atoms with Crippen LogP contribution in [-0.2, 0) is 11.2 Å². The van der Waals surface area contributed by atoms with E-state index in [0.717, 1.165) is 10.9 Å². The Morgan fingerprint density at radius 2 is 1.80 bits per heavy atom. The number of para-hydroxylation sites is 1. The summed E-state index contributed by atoms with van der Waals surface area (Å²) < 4.78 is 5.26. The molecule has 0 fully saturated rings. The highest BCUT2D eigenvalue weighted by Gasteiger charge is 2.15. The first-order valence-corrected chi connectivity index (χ1v) is 8.32. The Labute approximate surface area is 145 Å². The van der Waals surface area contributed by atoms with Crippen molar-refractivity contribution in [2.24, 2.45) is 0 Å². The van der Waals surface area contributed by atoms with Crippen LogP contribution in [0.1, 0.15) is 24.2 Å². The monoisotopic (exact) mass is 330 g/mol. The van der Waals surface area contributed by atoms with E-state index in [2.05, 4.69) is 40.8 Å². The molecule has 25 heavy (non-hydrogen) atoms. The normalized spacial score (nSPS) is 12.4. The van der Waals surface area contributed by atoms with Gasteiger partial charge in [-0.3, -0.25) is 4.79 Å². The first kappa shape index (κ1) is 15.4. The van der Waals surface area contributed by atoms with Gasteiger partial charge in [0.25, 0.3) is 0 Å². The maximum Gasteiger partial charge on any atom is 0.226 e. The van der Waals surface area contributed by atoms with Gasteiger partial charge in [0, 0.05) is 5.39 Å². The van der Waals surface area contributed by atoms with Crippen molar-refractivity contribution in [3.8, 4) is 0 Å². The second-order valence-electron chi connectivity index (χ2n) is 6.20. The average Bonchev–Trinajstić information content (AvgIpc) is 3.04. The second kappa shape index (κ2) is 6.40. The van der Waals surface area contributed by atoms with Crippen LogP contribution in [0.15, 0.2) is 71.3 Å². The van der Waals surface area contributed by atoms with Gasteiger partial charge in [0.1, 0.15) is 5.69 Å². The molecule has 0 radical (unpaired) electrons. The standard InChI is InChI=1S/C21H18N2O2/c1-14(16-11-10-15-6-2-3-7-17(15)12-16)22-21(24)13-19-18-8-4-5-9-20(18)25-23-19/h2-12,14H,13H2,1H3,(H,22,24). The molecule has 0 spiro atoms. The van der Waals surface area contributed by atoms with E-state index >= 15 is 0 Å². The minimum atomic E-state index is -0.0738. The number of rotatable bonds is 4. The van der Waals surface area contributed by atoms with Crippen LogP contribution in [0.2, 0.25) is 0 Å². The molecule has 1 amide bonds. The average molecular weight is 330 g/mol. The van der Waals surface area contributed by atoms with Gasteiger partial charge in [-0.15, -0.1) is 0 Å². The number of aromatic nitrogens is 1. The number of carbonyl (C=O) groups excluding carboxylic acids is 1. The fourth-order valence-electron chi connectivity index (χ4n) is 3.07. The fraction of sp³-hybridized carbons (Fsp3) is 0.143. The molecule has 1 heterocycles. The molecule has 4 nitrogen and oxygen atoms in total. The van der Waals surface area contributed by atoms with E-state index in [0.29, 0.717) is 11.3 Å². The van der Waals surface area contributed by atoms with Crippen molar-refractivity contribution in [2.75, 3.05) is 0 Å². The molecule has 4 heteroatoms. The maximum absolute atomic E-state index is 12.4. The van der Waals surface area contributed by atoms with Crippen LogP contribution in [0.3, 0.4) is 0 Å². The van der Waals surface area contributed by atoms with E-state index in [-0.39, 0.29) is 18.4 Å². The number of hydrogen-bond donors (Lipinski definition) is 1. The van der Waals surface area contributed by atoms with Gasteiger partial charge in [0.2, 0.25) is 5.91 Å². The first-order chi connectivity index (χ1) is 12.2. The van der Waals surface area contributed by atoms with Crippen molar-refractivity contribution < 1.29 is 9.32 Å². The summed E-state index contributed by atoms with van der Waals surface area (Å²) in [6.07, 6.45) is 0.203. The highest BCUT2D eigenvalue weighted by Crippen LogP contribution is 2.21. The number of nitrogens with one attached hydrogen (secondary N) is 1. The van der Waals surface area contributed by atoms with Crippen LogP contribution in [0.4, 0.5) is 0 Å². The van der Waals surface area contributed by atoms with E-state index in [1.807, 2.05) is 43.3 Å². The molecule has 1 unspecified atom stereocenters. The summed E-state index contributed by atoms with van der Waals surface area (Å²) in [6.45, 7) is 1.99. The van der Waals surface area contributed by atoms with E-state index in [1.54, 1.807) is 0 Å². The molecule has 124 valence electrons. The smallest absolute Gasteiger partial charge is 0.226 e. The van der Waals surface area contributed by atoms with Crippen LogP contribution >= 0.6 is 0 Å². The largest absolute Gasteiger partial charge is 0.356 e. The molecule has 0 aliphatic heterocycles. The molecule has 3 aromatic carbocycles. The van der Waals surface area contributed by atoms with Gasteiger partial charge in [-0.2, -0.15) is 0 Å². The van der Waals surface area contributed by atoms with Crippen LogP contribution < -0.4 is 5.32 Å². The topological polar surface area (TPSA) is 55.1 Å². The van der Waals surface area contributed by atoms with Gasteiger partial charge >= 0.3 is 0 Å². The number of benzene rings is 3. The highest BCUT2D eigenvalue weighted by atomic mass is 16.5. The van der Waals surface area contributed by atoms with Crippen molar-refractivity contribution in [3.63, 3.8) is 0 Å². The zero-order valence-electron chi connectivity index (χ0n) is 13.9. The summed E-state index contributed by atoms with van der Waals surface area (Å²) in [5.41, 5.74) is 2.45. The maximum atomic E-state index is 12.4. The summed E-state index contributed by atoms with van der Waals surface area (Å²) >= 11 is 0. The molecular formula is C21H18N2O2. The number of amides is 1. The lowest BCUT2D eigenvalue weighted by molar-refractivity contribution is -0.121. The SMILES string of the molecule is CC(NC(=O)Cc1noc2ccccc12)c1ccc2ccccc2c1. The Hall–Kier alpha value is -3.14. The Morgan fingerprint density at radius 1 is 1.04 bits per heavy atom. The molecule has 4 aromatic rings. The lowest BCUT2D eigenvalue weighted by Gasteiger charge is -2.14. The summed E-state index contributed by atoms with van der Waals surface area (Å²) in [4.78, 5) is 12.4. The molecular weight excluding hydrogens is 312 g/mol. The number of fused-ring (bicyclic) bond motifs is 2. The van der Waals surface area contributed by atoms with E-state index in [9.17, 15) is 4.79 Å². The van der Waals surface area contributed by atoms with Crippen molar-refractivity contribution in [2.45, 2.75) is 19.4 Å². The zero-order valence-corrected chi connectivity index (χ0v) is 13.9. The predicted molar refractivity (Wildman–Crippen MR) is 98.2 cm³/mol. The predicted octanol–water partition coefficient (Wildman–Crippen LogP) is 4.40. The number of nitrogens with zero attached hydrogens (tertiary/aromatic N) is 1. The summed E-state index contributed by atoms with van der Waals surface area (Å²) in [6, 6.07) is 22.0. The molecule has 4 rings (SSSR count). The third-order valence-corrected chi connectivity index (χ3v) is 4.43. The van der Waals surface area contributed by atoms with Gasteiger partial charge < -0.3 is 9.84 Å². The van der Waals surface area contributed by atoms with E-state index in [4.69, 9.17) is 4.52 Å². The van der Waals surface area contributed by atoms with Crippen molar-refractivity contribution >= 4 is 27.6 Å². The molecule has 0 saturated carbocycles. The molecule has 0 saturated heterocycles. The summed E-state index contributed by atoms with van der Waals surface area (Å²) in [7, 11) is 0. The van der Waals surface area contributed by atoms with Crippen molar-refractivity contribution in [3.05, 3.63) is 78.0 Å². The van der Waals surface area contributed by atoms with Crippen LogP contribution in [-0.4, -0.2) is 11.1 Å². The Morgan fingerprint density at radius 3 is 2.68 bits per heavy atom. The van der Waals surface area contributed by atoms with Crippen LogP contribution in [0.5, 0.6) is 0 Å². The molecule has 1 N–H and O–H groups in total. The molecule has 1 atom stereocenters. The second-order valence-corrected chi connectivity index (χ2v) is 6.20. The number of hydrogen-bond acceptors (Lipinski definition) is 3. The van der Waals surface area contributed by atoms with E-state index in [1.165, 1.54) is 10.8 Å². The molecule has 1 aromatic heterocycles. The van der Waals surface area contributed by atoms with Crippen LogP contribution in [0.25, 0.3) is 21.7 Å². The fourth-order valence-corrected chi connectivity index (χ4v) is 3.07. The molecule has 0 aliphatic rings. The lowest BCUT2D eigenvalue weighted by Crippen LogP contribution is -2.28. The van der Waals surface area contributed by atoms with Gasteiger partial charge in [-0.25, -0.2) is 0 Å².